The van der Waals surface area contributed by atoms with Crippen LogP contribution in [0, 0.1) is 0 Å². The molecule has 144 valence electrons. The summed E-state index contributed by atoms with van der Waals surface area (Å²) in [5, 5.41) is 2.84. The van der Waals surface area contributed by atoms with Gasteiger partial charge in [0.1, 0.15) is 0 Å². The summed E-state index contributed by atoms with van der Waals surface area (Å²) >= 11 is 12.2. The molecule has 1 aliphatic rings. The number of allylic oxidation sites excluding steroid dienone is 1. The third-order valence-electron chi connectivity index (χ3n) is 4.66. The highest BCUT2D eigenvalue weighted by Gasteiger charge is 2.24. The van der Waals surface area contributed by atoms with Gasteiger partial charge >= 0.3 is 0 Å². The molecule has 0 unspecified atom stereocenters. The lowest BCUT2D eigenvalue weighted by Gasteiger charge is -2.21. The molecule has 0 saturated heterocycles. The van der Waals surface area contributed by atoms with E-state index < -0.39 is 0 Å². The van der Waals surface area contributed by atoms with Crippen molar-refractivity contribution in [3.05, 3.63) is 87.7 Å². The number of hydrogen-bond donors (Lipinski definition) is 2. The molecule has 0 spiro atoms. The number of hydrogen-bond acceptors (Lipinski definition) is 5. The Morgan fingerprint density at radius 3 is 2.68 bits per heavy atom. The first-order valence-electron chi connectivity index (χ1n) is 8.69. The van der Waals surface area contributed by atoms with Crippen molar-refractivity contribution >= 4 is 28.9 Å². The van der Waals surface area contributed by atoms with Gasteiger partial charge in [0.05, 0.1) is 48.0 Å². The van der Waals surface area contributed by atoms with Crippen molar-refractivity contribution in [2.24, 2.45) is 11.6 Å². The van der Waals surface area contributed by atoms with E-state index in [-0.39, 0.29) is 0 Å². The summed E-state index contributed by atoms with van der Waals surface area (Å²) in [6.07, 6.45) is 3.80. The monoisotopic (exact) mass is 415 g/mol. The first-order valence-corrected chi connectivity index (χ1v) is 9.45. The summed E-state index contributed by atoms with van der Waals surface area (Å²) in [5.41, 5.74) is 11.0. The minimum Gasteiger partial charge on any atom is -0.403 e. The van der Waals surface area contributed by atoms with Crippen LogP contribution in [0.5, 0.6) is 0 Å². The van der Waals surface area contributed by atoms with E-state index >= 15 is 0 Å². The molecule has 0 saturated carbocycles. The highest BCUT2D eigenvalue weighted by Crippen LogP contribution is 2.34. The van der Waals surface area contributed by atoms with Gasteiger partial charge in [0.15, 0.2) is 0 Å². The van der Waals surface area contributed by atoms with Crippen LogP contribution in [0.25, 0.3) is 5.69 Å². The number of rotatable bonds is 4. The smallest absolute Gasteiger partial charge is 0.0999 e. The SMILES string of the molecule is N/C=C1/Cc2c(COCc3cccc(Cl)c3)ncn2-c2ccc(Cl)cc2N1N. The first-order chi connectivity index (χ1) is 13.6. The summed E-state index contributed by atoms with van der Waals surface area (Å²) in [7, 11) is 0. The Labute approximate surface area is 172 Å². The molecule has 28 heavy (non-hydrogen) atoms. The predicted octanol–water partition coefficient (Wildman–Crippen LogP) is 3.93. The Kier molecular flexibility index (Phi) is 5.28. The lowest BCUT2D eigenvalue weighted by molar-refractivity contribution is 0.104. The second kappa shape index (κ2) is 7.85. The summed E-state index contributed by atoms with van der Waals surface area (Å²) in [5.74, 6) is 6.30. The quantitative estimate of drug-likeness (QED) is 0.630. The van der Waals surface area contributed by atoms with Crippen LogP contribution in [0.1, 0.15) is 17.0 Å². The predicted molar refractivity (Wildman–Crippen MR) is 111 cm³/mol. The molecule has 4 rings (SSSR count). The highest BCUT2D eigenvalue weighted by atomic mass is 35.5. The van der Waals surface area contributed by atoms with Gasteiger partial charge in [-0.1, -0.05) is 35.3 Å². The Bertz CT molecular complexity index is 1050. The zero-order valence-electron chi connectivity index (χ0n) is 15.0. The number of nitrogens with two attached hydrogens (primary N) is 2. The van der Waals surface area contributed by atoms with Gasteiger partial charge in [0.25, 0.3) is 0 Å². The third kappa shape index (κ3) is 3.59. The molecular formula is C20H19Cl2N5O. The van der Waals surface area contributed by atoms with Crippen LogP contribution in [-0.4, -0.2) is 9.55 Å². The van der Waals surface area contributed by atoms with Crippen molar-refractivity contribution in [2.45, 2.75) is 19.6 Å². The van der Waals surface area contributed by atoms with E-state index in [0.29, 0.717) is 29.7 Å². The minimum atomic E-state index is 0.361. The summed E-state index contributed by atoms with van der Waals surface area (Å²) in [4.78, 5) is 4.55. The fraction of sp³-hybridized carbons (Fsp3) is 0.150. The maximum Gasteiger partial charge on any atom is 0.0999 e. The van der Waals surface area contributed by atoms with Gasteiger partial charge < -0.3 is 15.0 Å². The fourth-order valence-electron chi connectivity index (χ4n) is 3.26. The van der Waals surface area contributed by atoms with E-state index in [1.165, 1.54) is 6.20 Å². The largest absolute Gasteiger partial charge is 0.403 e. The molecule has 0 bridgehead atoms. The molecule has 1 aromatic heterocycles. The molecule has 1 aliphatic heterocycles. The van der Waals surface area contributed by atoms with Gasteiger partial charge in [-0.15, -0.1) is 0 Å². The van der Waals surface area contributed by atoms with Crippen molar-refractivity contribution in [2.75, 3.05) is 5.01 Å². The number of ether oxygens (including phenoxy) is 1. The molecule has 0 aliphatic carbocycles. The lowest BCUT2D eigenvalue weighted by atomic mass is 10.2. The van der Waals surface area contributed by atoms with Crippen LogP contribution in [0.4, 0.5) is 5.69 Å². The van der Waals surface area contributed by atoms with Gasteiger partial charge in [0.2, 0.25) is 0 Å². The fourth-order valence-corrected chi connectivity index (χ4v) is 3.64. The second-order valence-corrected chi connectivity index (χ2v) is 7.34. The standard InChI is InChI=1S/C20H19Cl2N5O/c21-14-3-1-2-13(6-14)10-28-11-17-19-8-16(9-23)27(24)20-7-15(22)4-5-18(20)26(19)12-25-17/h1-7,9,12H,8,10-11,23-24H2/b16-9-. The first kappa shape index (κ1) is 18.8. The maximum absolute atomic E-state index is 6.30. The average molecular weight is 416 g/mol. The number of hydrazine groups is 1. The molecule has 4 N–H and O–H groups in total. The third-order valence-corrected chi connectivity index (χ3v) is 5.13. The zero-order valence-corrected chi connectivity index (χ0v) is 16.5. The number of aromatic nitrogens is 2. The van der Waals surface area contributed by atoms with Crippen LogP contribution >= 0.6 is 23.2 Å². The molecule has 0 amide bonds. The molecule has 0 fully saturated rings. The van der Waals surface area contributed by atoms with E-state index in [0.717, 1.165) is 34.0 Å². The maximum atomic E-state index is 6.30. The van der Waals surface area contributed by atoms with Crippen molar-refractivity contribution in [3.8, 4) is 5.69 Å². The number of nitrogens with zero attached hydrogens (tertiary/aromatic N) is 3. The van der Waals surface area contributed by atoms with Gasteiger partial charge in [-0.25, -0.2) is 10.8 Å². The Morgan fingerprint density at radius 1 is 1.07 bits per heavy atom. The van der Waals surface area contributed by atoms with E-state index in [9.17, 15) is 0 Å². The molecule has 8 heteroatoms. The van der Waals surface area contributed by atoms with Crippen molar-refractivity contribution < 1.29 is 4.74 Å². The van der Waals surface area contributed by atoms with Crippen molar-refractivity contribution in [1.29, 1.82) is 0 Å². The summed E-state index contributed by atoms with van der Waals surface area (Å²) in [6, 6.07) is 13.1. The normalized spacial score (nSPS) is 14.7. The van der Waals surface area contributed by atoms with E-state index in [2.05, 4.69) is 4.98 Å². The van der Waals surface area contributed by atoms with Gasteiger partial charge in [-0.2, -0.15) is 0 Å². The average Bonchev–Trinajstić information content (AvgIpc) is 3.03. The Hall–Kier alpha value is -2.51. The second-order valence-electron chi connectivity index (χ2n) is 6.47. The minimum absolute atomic E-state index is 0.361. The number of benzene rings is 2. The summed E-state index contributed by atoms with van der Waals surface area (Å²) in [6.45, 7) is 0.807. The van der Waals surface area contributed by atoms with Crippen LogP contribution in [-0.2, 0) is 24.4 Å². The molecular weight excluding hydrogens is 397 g/mol. The van der Waals surface area contributed by atoms with Crippen molar-refractivity contribution in [1.82, 2.24) is 9.55 Å². The van der Waals surface area contributed by atoms with Crippen LogP contribution in [0.2, 0.25) is 10.0 Å². The molecule has 6 nitrogen and oxygen atoms in total. The molecule has 0 atom stereocenters. The molecule has 2 aromatic carbocycles. The Morgan fingerprint density at radius 2 is 1.89 bits per heavy atom. The van der Waals surface area contributed by atoms with Gasteiger partial charge in [0, 0.05) is 22.7 Å². The number of anilines is 1. The number of halogens is 2. The summed E-state index contributed by atoms with van der Waals surface area (Å²) < 4.78 is 7.88. The van der Waals surface area contributed by atoms with E-state index in [4.69, 9.17) is 39.5 Å². The lowest BCUT2D eigenvalue weighted by Crippen LogP contribution is -2.31. The topological polar surface area (TPSA) is 82.3 Å². The van der Waals surface area contributed by atoms with Crippen molar-refractivity contribution in [3.63, 3.8) is 0 Å². The Balaban J connectivity index is 1.63. The number of fused-ring (bicyclic) bond motifs is 3. The van der Waals surface area contributed by atoms with Crippen LogP contribution < -0.4 is 16.6 Å². The molecule has 0 radical (unpaired) electrons. The highest BCUT2D eigenvalue weighted by molar-refractivity contribution is 6.31. The molecule has 3 aromatic rings. The number of imidazole rings is 1. The van der Waals surface area contributed by atoms with E-state index in [1.807, 2.05) is 47.0 Å². The van der Waals surface area contributed by atoms with E-state index in [1.54, 1.807) is 11.3 Å². The zero-order chi connectivity index (χ0) is 19.7. The van der Waals surface area contributed by atoms with Crippen LogP contribution in [0.15, 0.2) is 60.7 Å². The van der Waals surface area contributed by atoms with Gasteiger partial charge in [-0.3, -0.25) is 5.01 Å². The van der Waals surface area contributed by atoms with Gasteiger partial charge in [-0.05, 0) is 35.9 Å². The molecule has 2 heterocycles. The van der Waals surface area contributed by atoms with Crippen LogP contribution in [0.3, 0.4) is 0 Å².